The van der Waals surface area contributed by atoms with E-state index in [0.717, 1.165) is 51.6 Å². The molecule has 7 heteroatoms. The molecule has 2 aliphatic heterocycles. The van der Waals surface area contributed by atoms with Crippen LogP contribution in [0.15, 0.2) is 23.2 Å². The second-order valence-corrected chi connectivity index (χ2v) is 7.07. The van der Waals surface area contributed by atoms with E-state index in [1.54, 1.807) is 12.1 Å². The largest absolute Gasteiger partial charge is 0.381 e. The molecule has 2 fully saturated rings. The average molecular weight is 482 g/mol. The lowest BCUT2D eigenvalue weighted by Gasteiger charge is -2.25. The van der Waals surface area contributed by atoms with Crippen LogP contribution in [0.1, 0.15) is 25.3 Å². The molecule has 0 aliphatic carbocycles. The van der Waals surface area contributed by atoms with Gasteiger partial charge in [-0.15, -0.1) is 24.0 Å². The summed E-state index contributed by atoms with van der Waals surface area (Å²) in [6.07, 6.45) is 2.78. The molecule has 1 atom stereocenters. The number of guanidine groups is 1. The Labute approximate surface area is 171 Å². The van der Waals surface area contributed by atoms with Crippen molar-refractivity contribution in [3.05, 3.63) is 34.6 Å². The first-order chi connectivity index (χ1) is 11.6. The fraction of sp³-hybridized carbons (Fsp3) is 0.611. The van der Waals surface area contributed by atoms with E-state index in [1.165, 1.54) is 6.07 Å². The summed E-state index contributed by atoms with van der Waals surface area (Å²) in [7, 11) is 0. The first kappa shape index (κ1) is 20.7. The second-order valence-electron chi connectivity index (χ2n) is 6.66. The molecule has 0 aromatic heterocycles. The van der Waals surface area contributed by atoms with Crippen LogP contribution in [0.3, 0.4) is 0 Å². The molecule has 3 rings (SSSR count). The Balaban J connectivity index is 0.00000225. The molecule has 1 N–H and O–H groups in total. The summed E-state index contributed by atoms with van der Waals surface area (Å²) in [5.74, 6) is 0.652. The van der Waals surface area contributed by atoms with Crippen LogP contribution in [0.5, 0.6) is 0 Å². The molecule has 0 amide bonds. The van der Waals surface area contributed by atoms with E-state index in [9.17, 15) is 4.39 Å². The molecule has 2 aliphatic rings. The zero-order valence-electron chi connectivity index (χ0n) is 14.6. The van der Waals surface area contributed by atoms with E-state index in [0.29, 0.717) is 29.0 Å². The number of aliphatic imine (C=N–C) groups is 1. The van der Waals surface area contributed by atoms with Crippen LogP contribution in [0, 0.1) is 11.2 Å². The molecule has 1 aromatic rings. The zero-order valence-corrected chi connectivity index (χ0v) is 17.6. The van der Waals surface area contributed by atoms with E-state index in [4.69, 9.17) is 21.3 Å². The molecule has 140 valence electrons. The first-order valence-corrected chi connectivity index (χ1v) is 9.05. The average Bonchev–Trinajstić information content (AvgIpc) is 3.20. The highest BCUT2D eigenvalue weighted by Crippen LogP contribution is 2.38. The topological polar surface area (TPSA) is 36.9 Å². The van der Waals surface area contributed by atoms with Crippen molar-refractivity contribution in [3.63, 3.8) is 0 Å². The molecule has 1 aromatic carbocycles. The van der Waals surface area contributed by atoms with Gasteiger partial charge in [-0.25, -0.2) is 4.39 Å². The Morgan fingerprint density at radius 1 is 1.44 bits per heavy atom. The fourth-order valence-corrected chi connectivity index (χ4v) is 3.82. The van der Waals surface area contributed by atoms with Crippen LogP contribution in [0.4, 0.5) is 4.39 Å². The van der Waals surface area contributed by atoms with Gasteiger partial charge in [0.25, 0.3) is 0 Å². The van der Waals surface area contributed by atoms with Crippen molar-refractivity contribution >= 4 is 41.5 Å². The number of halogens is 3. The number of benzene rings is 1. The van der Waals surface area contributed by atoms with Gasteiger partial charge in [0.2, 0.25) is 0 Å². The van der Waals surface area contributed by atoms with E-state index < -0.39 is 0 Å². The SMILES string of the molecule is CCNC(=NCCc1c(F)cccc1Cl)N1CCC2(CCOC2)C1.I. The van der Waals surface area contributed by atoms with Crippen LogP contribution >= 0.6 is 35.6 Å². The number of likely N-dealkylation sites (tertiary alicyclic amines) is 1. The molecule has 0 saturated carbocycles. The predicted octanol–water partition coefficient (Wildman–Crippen LogP) is 3.72. The van der Waals surface area contributed by atoms with Crippen LogP contribution in [0.25, 0.3) is 0 Å². The van der Waals surface area contributed by atoms with Gasteiger partial charge in [-0.1, -0.05) is 17.7 Å². The summed E-state index contributed by atoms with van der Waals surface area (Å²) >= 11 is 6.09. The fourth-order valence-electron chi connectivity index (χ4n) is 3.56. The van der Waals surface area contributed by atoms with Crippen molar-refractivity contribution in [2.45, 2.75) is 26.2 Å². The quantitative estimate of drug-likeness (QED) is 0.405. The number of hydrogen-bond donors (Lipinski definition) is 1. The van der Waals surface area contributed by atoms with Crippen molar-refractivity contribution in [1.29, 1.82) is 0 Å². The van der Waals surface area contributed by atoms with Gasteiger partial charge in [0.1, 0.15) is 5.82 Å². The van der Waals surface area contributed by atoms with Gasteiger partial charge >= 0.3 is 0 Å². The summed E-state index contributed by atoms with van der Waals surface area (Å²) in [6, 6.07) is 4.79. The summed E-state index contributed by atoms with van der Waals surface area (Å²) in [4.78, 5) is 7.00. The lowest BCUT2D eigenvalue weighted by Crippen LogP contribution is -2.41. The highest BCUT2D eigenvalue weighted by Gasteiger charge is 2.42. The number of rotatable bonds is 4. The van der Waals surface area contributed by atoms with Gasteiger partial charge in [0.15, 0.2) is 5.96 Å². The van der Waals surface area contributed by atoms with Crippen molar-refractivity contribution in [1.82, 2.24) is 10.2 Å². The Morgan fingerprint density at radius 2 is 2.28 bits per heavy atom. The Hall–Kier alpha value is -0.600. The summed E-state index contributed by atoms with van der Waals surface area (Å²) in [6.45, 7) is 7.10. The van der Waals surface area contributed by atoms with Crippen molar-refractivity contribution in [2.75, 3.05) is 39.4 Å². The molecular formula is C18H26ClFIN3O. The number of ether oxygens (including phenoxy) is 1. The van der Waals surface area contributed by atoms with Gasteiger partial charge < -0.3 is 15.0 Å². The Kier molecular flexibility index (Phi) is 7.76. The molecule has 2 saturated heterocycles. The van der Waals surface area contributed by atoms with Gasteiger partial charge in [0, 0.05) is 48.8 Å². The summed E-state index contributed by atoms with van der Waals surface area (Å²) in [5, 5.41) is 3.83. The third kappa shape index (κ3) is 4.98. The van der Waals surface area contributed by atoms with E-state index >= 15 is 0 Å². The minimum absolute atomic E-state index is 0. The maximum atomic E-state index is 13.9. The van der Waals surface area contributed by atoms with Gasteiger partial charge in [-0.05, 0) is 38.3 Å². The van der Waals surface area contributed by atoms with Crippen molar-refractivity contribution in [2.24, 2.45) is 10.4 Å². The minimum atomic E-state index is -0.258. The zero-order chi connectivity index (χ0) is 17.0. The monoisotopic (exact) mass is 481 g/mol. The molecule has 25 heavy (non-hydrogen) atoms. The van der Waals surface area contributed by atoms with Crippen molar-refractivity contribution < 1.29 is 9.13 Å². The Bertz CT molecular complexity index is 588. The smallest absolute Gasteiger partial charge is 0.193 e. The summed E-state index contributed by atoms with van der Waals surface area (Å²) < 4.78 is 19.4. The second kappa shape index (κ2) is 9.37. The van der Waals surface area contributed by atoms with Crippen LogP contribution in [0.2, 0.25) is 5.02 Å². The van der Waals surface area contributed by atoms with Gasteiger partial charge in [0.05, 0.1) is 6.61 Å². The van der Waals surface area contributed by atoms with Crippen LogP contribution in [-0.2, 0) is 11.2 Å². The van der Waals surface area contributed by atoms with Gasteiger partial charge in [-0.2, -0.15) is 0 Å². The van der Waals surface area contributed by atoms with Gasteiger partial charge in [-0.3, -0.25) is 4.99 Å². The lowest BCUT2D eigenvalue weighted by molar-refractivity contribution is 0.156. The van der Waals surface area contributed by atoms with Crippen LogP contribution < -0.4 is 5.32 Å². The number of nitrogens with zero attached hydrogens (tertiary/aromatic N) is 2. The summed E-state index contributed by atoms with van der Waals surface area (Å²) in [5.41, 5.74) is 0.839. The molecule has 0 bridgehead atoms. The molecule has 1 unspecified atom stereocenters. The first-order valence-electron chi connectivity index (χ1n) is 8.67. The lowest BCUT2D eigenvalue weighted by atomic mass is 9.87. The molecular weight excluding hydrogens is 456 g/mol. The third-order valence-corrected chi connectivity index (χ3v) is 5.30. The highest BCUT2D eigenvalue weighted by molar-refractivity contribution is 14.0. The maximum absolute atomic E-state index is 13.9. The number of nitrogens with one attached hydrogen (secondary N) is 1. The third-order valence-electron chi connectivity index (χ3n) is 4.94. The Morgan fingerprint density at radius 3 is 2.96 bits per heavy atom. The normalized spacial score (nSPS) is 23.2. The van der Waals surface area contributed by atoms with Crippen molar-refractivity contribution in [3.8, 4) is 0 Å². The maximum Gasteiger partial charge on any atom is 0.193 e. The number of hydrogen-bond acceptors (Lipinski definition) is 2. The predicted molar refractivity (Wildman–Crippen MR) is 111 cm³/mol. The standard InChI is InChI=1S/C18H25ClFN3O.HI/c1-2-21-17(23-10-7-18(12-23)8-11-24-13-18)22-9-6-14-15(19)4-3-5-16(14)20;/h3-5H,2,6-13H2,1H3,(H,21,22);1H. The molecule has 2 heterocycles. The van der Waals surface area contributed by atoms with E-state index in [1.807, 2.05) is 0 Å². The molecule has 0 radical (unpaired) electrons. The highest BCUT2D eigenvalue weighted by atomic mass is 127. The molecule has 1 spiro atoms. The van der Waals surface area contributed by atoms with E-state index in [2.05, 4.69) is 17.1 Å². The molecule has 4 nitrogen and oxygen atoms in total. The van der Waals surface area contributed by atoms with E-state index in [-0.39, 0.29) is 29.8 Å². The van der Waals surface area contributed by atoms with Crippen LogP contribution in [-0.4, -0.2) is 50.3 Å². The minimum Gasteiger partial charge on any atom is -0.381 e.